The Morgan fingerprint density at radius 3 is 2.36 bits per heavy atom. The Balaban J connectivity index is 2.24. The molecule has 0 amide bonds. The van der Waals surface area contributed by atoms with Gasteiger partial charge in [-0.1, -0.05) is 13.1 Å². The minimum absolute atomic E-state index is 1.13. The molecule has 0 unspecified atom stereocenters. The summed E-state index contributed by atoms with van der Waals surface area (Å²) in [6, 6.07) is 0. The van der Waals surface area contributed by atoms with Gasteiger partial charge >= 0.3 is 0 Å². The van der Waals surface area contributed by atoms with Crippen molar-refractivity contribution in [2.75, 3.05) is 32.3 Å². The van der Waals surface area contributed by atoms with Gasteiger partial charge in [-0.05, 0) is 0 Å². The second-order valence-electron chi connectivity index (χ2n) is 3.74. The van der Waals surface area contributed by atoms with Crippen molar-refractivity contribution < 1.29 is 0 Å². The molecule has 66 valence electrons. The second-order valence-corrected chi connectivity index (χ2v) is 10.6. The molecule has 0 spiro atoms. The lowest BCUT2D eigenvalue weighted by Gasteiger charge is -2.30. The normalized spacial score (nSPS) is 22.1. The SMILES string of the molecule is C[Si](C)(Cl)CN1CCNCC1. The van der Waals surface area contributed by atoms with Crippen LogP contribution in [0.25, 0.3) is 0 Å². The highest BCUT2D eigenvalue weighted by atomic mass is 35.6. The Kier molecular flexibility index (Phi) is 3.37. The molecule has 1 heterocycles. The fraction of sp³-hybridized carbons (Fsp3) is 1.00. The molecule has 0 aromatic heterocycles. The molecule has 0 radical (unpaired) electrons. The van der Waals surface area contributed by atoms with Gasteiger partial charge in [0.1, 0.15) is 0 Å². The van der Waals surface area contributed by atoms with Gasteiger partial charge in [0.2, 0.25) is 0 Å². The van der Waals surface area contributed by atoms with E-state index in [2.05, 4.69) is 23.3 Å². The van der Waals surface area contributed by atoms with Crippen molar-refractivity contribution in [3.8, 4) is 0 Å². The van der Waals surface area contributed by atoms with E-state index in [1.165, 1.54) is 13.1 Å². The maximum atomic E-state index is 6.24. The molecule has 1 aliphatic rings. The molecule has 11 heavy (non-hydrogen) atoms. The number of nitrogens with zero attached hydrogens (tertiary/aromatic N) is 1. The van der Waals surface area contributed by atoms with Crippen LogP contribution in [0.5, 0.6) is 0 Å². The van der Waals surface area contributed by atoms with Gasteiger partial charge in [0.15, 0.2) is 7.38 Å². The smallest absolute Gasteiger partial charge is 0.164 e. The number of halogens is 1. The zero-order valence-electron chi connectivity index (χ0n) is 7.36. The van der Waals surface area contributed by atoms with Crippen LogP contribution in [-0.2, 0) is 0 Å². The van der Waals surface area contributed by atoms with Crippen LogP contribution in [-0.4, -0.2) is 44.6 Å². The predicted octanol–water partition coefficient (Wildman–Crippen LogP) is 0.875. The van der Waals surface area contributed by atoms with E-state index < -0.39 is 7.38 Å². The summed E-state index contributed by atoms with van der Waals surface area (Å²) < 4.78 is 0. The van der Waals surface area contributed by atoms with Crippen LogP contribution >= 0.6 is 11.1 Å². The third-order valence-corrected chi connectivity index (χ3v) is 3.37. The number of hydrogen-bond acceptors (Lipinski definition) is 2. The van der Waals surface area contributed by atoms with Gasteiger partial charge in [-0.3, -0.25) is 0 Å². The van der Waals surface area contributed by atoms with Crippen molar-refractivity contribution >= 4 is 18.5 Å². The van der Waals surface area contributed by atoms with Crippen LogP contribution < -0.4 is 5.32 Å². The monoisotopic (exact) mass is 192 g/mol. The Labute approximate surface area is 74.6 Å². The Morgan fingerprint density at radius 2 is 1.91 bits per heavy atom. The number of nitrogens with one attached hydrogen (secondary N) is 1. The van der Waals surface area contributed by atoms with Crippen LogP contribution in [0.3, 0.4) is 0 Å². The van der Waals surface area contributed by atoms with Gasteiger partial charge in [0.05, 0.1) is 0 Å². The fourth-order valence-corrected chi connectivity index (χ4v) is 3.29. The first-order valence-corrected chi connectivity index (χ1v) is 8.42. The van der Waals surface area contributed by atoms with Crippen molar-refractivity contribution in [1.29, 1.82) is 0 Å². The molecular weight excluding hydrogens is 176 g/mol. The van der Waals surface area contributed by atoms with Crippen molar-refractivity contribution in [3.63, 3.8) is 0 Å². The van der Waals surface area contributed by atoms with Crippen molar-refractivity contribution in [2.24, 2.45) is 0 Å². The summed E-state index contributed by atoms with van der Waals surface area (Å²) in [4.78, 5) is 2.47. The van der Waals surface area contributed by atoms with Crippen LogP contribution in [0.15, 0.2) is 0 Å². The summed E-state index contributed by atoms with van der Waals surface area (Å²) >= 11 is 6.24. The van der Waals surface area contributed by atoms with Crippen LogP contribution in [0.2, 0.25) is 13.1 Å². The van der Waals surface area contributed by atoms with E-state index in [9.17, 15) is 0 Å². The van der Waals surface area contributed by atoms with Gasteiger partial charge in [-0.25, -0.2) is 0 Å². The highest BCUT2D eigenvalue weighted by Gasteiger charge is 2.22. The third-order valence-electron chi connectivity index (χ3n) is 1.81. The molecule has 2 nitrogen and oxygen atoms in total. The lowest BCUT2D eigenvalue weighted by molar-refractivity contribution is 0.274. The molecular formula is C7H17ClN2Si. The average Bonchev–Trinajstić information content (AvgIpc) is 1.85. The second kappa shape index (κ2) is 3.89. The molecule has 1 fully saturated rings. The van der Waals surface area contributed by atoms with Crippen LogP contribution in [0.4, 0.5) is 0 Å². The molecule has 1 rings (SSSR count). The molecule has 0 bridgehead atoms. The zero-order valence-corrected chi connectivity index (χ0v) is 9.12. The van der Waals surface area contributed by atoms with Gasteiger partial charge in [0, 0.05) is 32.3 Å². The van der Waals surface area contributed by atoms with E-state index >= 15 is 0 Å². The number of rotatable bonds is 2. The quantitative estimate of drug-likeness (QED) is 0.516. The Hall–Kier alpha value is 0.427. The molecule has 0 aromatic rings. The van der Waals surface area contributed by atoms with E-state index in [1.54, 1.807) is 0 Å². The molecule has 0 saturated carbocycles. The first-order valence-electron chi connectivity index (χ1n) is 4.20. The van der Waals surface area contributed by atoms with Crippen LogP contribution in [0, 0.1) is 0 Å². The van der Waals surface area contributed by atoms with E-state index in [1.807, 2.05) is 0 Å². The van der Waals surface area contributed by atoms with Gasteiger partial charge in [-0.15, -0.1) is 0 Å². The summed E-state index contributed by atoms with van der Waals surface area (Å²) in [6.45, 7) is 9.00. The molecule has 1 N–H and O–H groups in total. The zero-order chi connectivity index (χ0) is 8.32. The first-order chi connectivity index (χ1) is 5.08. The van der Waals surface area contributed by atoms with Crippen molar-refractivity contribution in [2.45, 2.75) is 13.1 Å². The maximum Gasteiger partial charge on any atom is 0.164 e. The molecule has 0 atom stereocenters. The first kappa shape index (κ1) is 9.51. The Morgan fingerprint density at radius 1 is 1.36 bits per heavy atom. The Bertz CT molecular complexity index is 118. The fourth-order valence-electron chi connectivity index (χ4n) is 1.40. The lowest BCUT2D eigenvalue weighted by Crippen LogP contribution is -2.48. The average molecular weight is 193 g/mol. The highest BCUT2D eigenvalue weighted by molar-refractivity contribution is 7.19. The summed E-state index contributed by atoms with van der Waals surface area (Å²) in [6.07, 6.45) is 1.14. The predicted molar refractivity (Wildman–Crippen MR) is 52.6 cm³/mol. The molecule has 1 aliphatic heterocycles. The maximum absolute atomic E-state index is 6.24. The minimum Gasteiger partial charge on any atom is -0.314 e. The number of hydrogen-bond donors (Lipinski definition) is 1. The third kappa shape index (κ3) is 4.11. The van der Waals surface area contributed by atoms with Gasteiger partial charge in [0.25, 0.3) is 0 Å². The standard InChI is InChI=1S/C7H17ClN2Si/c1-11(2,8)7-10-5-3-9-4-6-10/h9H,3-7H2,1-2H3. The molecule has 1 saturated heterocycles. The van der Waals surface area contributed by atoms with E-state index in [-0.39, 0.29) is 0 Å². The van der Waals surface area contributed by atoms with Crippen LogP contribution in [0.1, 0.15) is 0 Å². The summed E-state index contributed by atoms with van der Waals surface area (Å²) in [5.74, 6) is 0. The molecule has 4 heteroatoms. The molecule has 0 aromatic carbocycles. The van der Waals surface area contributed by atoms with Gasteiger partial charge in [-0.2, -0.15) is 11.1 Å². The summed E-state index contributed by atoms with van der Waals surface area (Å²) in [5, 5.41) is 3.33. The van der Waals surface area contributed by atoms with Crippen molar-refractivity contribution in [3.05, 3.63) is 0 Å². The summed E-state index contributed by atoms with van der Waals surface area (Å²) in [5.41, 5.74) is 0. The number of piperazine rings is 1. The van der Waals surface area contributed by atoms with E-state index in [4.69, 9.17) is 11.1 Å². The largest absolute Gasteiger partial charge is 0.314 e. The highest BCUT2D eigenvalue weighted by Crippen LogP contribution is 2.09. The van der Waals surface area contributed by atoms with E-state index in [0.29, 0.717) is 0 Å². The minimum atomic E-state index is -1.37. The molecule has 0 aliphatic carbocycles. The topological polar surface area (TPSA) is 15.3 Å². The van der Waals surface area contributed by atoms with E-state index in [0.717, 1.165) is 19.3 Å². The summed E-state index contributed by atoms with van der Waals surface area (Å²) in [7, 11) is -1.37. The van der Waals surface area contributed by atoms with Gasteiger partial charge < -0.3 is 10.2 Å². The lowest BCUT2D eigenvalue weighted by atomic mass is 10.4. The van der Waals surface area contributed by atoms with Crippen molar-refractivity contribution in [1.82, 2.24) is 10.2 Å².